The van der Waals surface area contributed by atoms with Crippen molar-refractivity contribution in [1.29, 1.82) is 0 Å². The fourth-order valence-corrected chi connectivity index (χ4v) is 1.83. The van der Waals surface area contributed by atoms with Crippen LogP contribution in [0.25, 0.3) is 11.3 Å². The Bertz CT molecular complexity index is 752. The highest BCUT2D eigenvalue weighted by Crippen LogP contribution is 2.18. The second kappa shape index (κ2) is 4.99. The zero-order valence-electron chi connectivity index (χ0n) is 9.82. The third-order valence-electron chi connectivity index (χ3n) is 2.59. The number of rotatable bonds is 3. The van der Waals surface area contributed by atoms with Gasteiger partial charge in [0, 0.05) is 11.1 Å². The summed E-state index contributed by atoms with van der Waals surface area (Å²) in [6, 6.07) is 9.94. The Kier molecular flexibility index (Phi) is 3.03. The first-order chi connectivity index (χ1) is 9.34. The summed E-state index contributed by atoms with van der Waals surface area (Å²) in [6.07, 6.45) is 4.92. The van der Waals surface area contributed by atoms with E-state index in [0.29, 0.717) is 4.77 Å². The highest BCUT2D eigenvalue weighted by Gasteiger charge is 2.04. The molecule has 0 aliphatic rings. The highest BCUT2D eigenvalue weighted by atomic mass is 32.1. The highest BCUT2D eigenvalue weighted by molar-refractivity contribution is 7.71. The van der Waals surface area contributed by atoms with Gasteiger partial charge in [0.05, 0.1) is 18.1 Å². The van der Waals surface area contributed by atoms with Crippen LogP contribution < -0.4 is 0 Å². The predicted octanol–water partition coefficient (Wildman–Crippen LogP) is 2.21. The molecule has 0 saturated heterocycles. The molecule has 0 radical (unpaired) electrons. The van der Waals surface area contributed by atoms with E-state index in [0.717, 1.165) is 16.8 Å². The molecule has 1 aromatic carbocycles. The van der Waals surface area contributed by atoms with Crippen molar-refractivity contribution in [2.24, 2.45) is 5.10 Å². The molecular weight excluding hydrogens is 260 g/mol. The number of H-pyrrole nitrogens is 2. The summed E-state index contributed by atoms with van der Waals surface area (Å²) in [5.74, 6) is 0. The topological polar surface area (TPSA) is 74.7 Å². The summed E-state index contributed by atoms with van der Waals surface area (Å²) in [4.78, 5) is 0. The molecule has 0 spiro atoms. The van der Waals surface area contributed by atoms with Gasteiger partial charge < -0.3 is 0 Å². The summed E-state index contributed by atoms with van der Waals surface area (Å²) >= 11 is 5.01. The lowest BCUT2D eigenvalue weighted by molar-refractivity contribution is 0.863. The summed E-state index contributed by atoms with van der Waals surface area (Å²) < 4.78 is 1.93. The molecule has 3 rings (SSSR count). The second-order valence-corrected chi connectivity index (χ2v) is 4.20. The molecule has 3 aromatic rings. The lowest BCUT2D eigenvalue weighted by Gasteiger charge is -1.98. The third kappa shape index (κ3) is 2.36. The van der Waals surface area contributed by atoms with Gasteiger partial charge in [0.1, 0.15) is 6.33 Å². The van der Waals surface area contributed by atoms with Crippen molar-refractivity contribution in [2.75, 3.05) is 0 Å². The Labute approximate surface area is 113 Å². The number of hydrogen-bond donors (Lipinski definition) is 2. The van der Waals surface area contributed by atoms with Gasteiger partial charge in [-0.2, -0.15) is 20.0 Å². The van der Waals surface area contributed by atoms with Gasteiger partial charge >= 0.3 is 0 Å². The maximum atomic E-state index is 5.01. The summed E-state index contributed by atoms with van der Waals surface area (Å²) in [5, 5.41) is 17.7. The summed E-state index contributed by atoms with van der Waals surface area (Å²) in [7, 11) is 0. The quantitative estimate of drug-likeness (QED) is 0.566. The Balaban J connectivity index is 1.96. The number of hydrogen-bond acceptors (Lipinski definition) is 4. The molecule has 0 saturated carbocycles. The van der Waals surface area contributed by atoms with E-state index in [1.165, 1.54) is 11.0 Å². The van der Waals surface area contributed by atoms with Crippen molar-refractivity contribution in [1.82, 2.24) is 25.1 Å². The van der Waals surface area contributed by atoms with Crippen LogP contribution in [0.15, 0.2) is 48.0 Å². The van der Waals surface area contributed by atoms with Crippen LogP contribution in [0.5, 0.6) is 0 Å². The van der Waals surface area contributed by atoms with Crippen molar-refractivity contribution in [3.05, 3.63) is 53.2 Å². The second-order valence-electron chi connectivity index (χ2n) is 3.82. The van der Waals surface area contributed by atoms with E-state index in [2.05, 4.69) is 25.5 Å². The zero-order valence-corrected chi connectivity index (χ0v) is 10.6. The van der Waals surface area contributed by atoms with E-state index in [9.17, 15) is 0 Å². The van der Waals surface area contributed by atoms with E-state index >= 15 is 0 Å². The number of nitrogens with zero attached hydrogens (tertiary/aromatic N) is 4. The van der Waals surface area contributed by atoms with Gasteiger partial charge in [-0.25, -0.2) is 0 Å². The smallest absolute Gasteiger partial charge is 0.216 e. The first-order valence-electron chi connectivity index (χ1n) is 5.60. The summed E-state index contributed by atoms with van der Waals surface area (Å²) in [6.45, 7) is 0. The Morgan fingerprint density at radius 2 is 2.00 bits per heavy atom. The first kappa shape index (κ1) is 11.5. The SMILES string of the molecule is S=c1[nH]ncn1/N=C/c1cn[nH]c1-c1ccccc1. The van der Waals surface area contributed by atoms with Crippen LogP contribution >= 0.6 is 12.2 Å². The van der Waals surface area contributed by atoms with Gasteiger partial charge in [-0.1, -0.05) is 30.3 Å². The lowest BCUT2D eigenvalue weighted by Crippen LogP contribution is -1.90. The average Bonchev–Trinajstić information content (AvgIpc) is 3.06. The van der Waals surface area contributed by atoms with E-state index in [4.69, 9.17) is 12.2 Å². The molecule has 6 nitrogen and oxygen atoms in total. The third-order valence-corrected chi connectivity index (χ3v) is 2.87. The molecular formula is C12H10N6S. The van der Waals surface area contributed by atoms with Gasteiger partial charge in [0.25, 0.3) is 0 Å². The zero-order chi connectivity index (χ0) is 13.1. The monoisotopic (exact) mass is 270 g/mol. The first-order valence-corrected chi connectivity index (χ1v) is 6.00. The summed E-state index contributed by atoms with van der Waals surface area (Å²) in [5.41, 5.74) is 2.85. The van der Waals surface area contributed by atoms with Crippen molar-refractivity contribution in [2.45, 2.75) is 0 Å². The Morgan fingerprint density at radius 3 is 2.74 bits per heavy atom. The molecule has 0 amide bonds. The number of aromatic nitrogens is 5. The van der Waals surface area contributed by atoms with Crippen LogP contribution in [0.1, 0.15) is 5.56 Å². The van der Waals surface area contributed by atoms with Crippen LogP contribution in [-0.4, -0.2) is 31.3 Å². The van der Waals surface area contributed by atoms with Gasteiger partial charge in [-0.3, -0.25) is 10.2 Å². The average molecular weight is 270 g/mol. The van der Waals surface area contributed by atoms with Gasteiger partial charge in [0.2, 0.25) is 4.77 Å². The predicted molar refractivity (Wildman–Crippen MR) is 74.4 cm³/mol. The van der Waals surface area contributed by atoms with Crippen LogP contribution in [0.4, 0.5) is 0 Å². The maximum Gasteiger partial charge on any atom is 0.216 e. The molecule has 2 aromatic heterocycles. The van der Waals surface area contributed by atoms with Gasteiger partial charge in [0.15, 0.2) is 0 Å². The van der Waals surface area contributed by atoms with E-state index < -0.39 is 0 Å². The molecule has 94 valence electrons. The molecule has 0 aliphatic carbocycles. The Morgan fingerprint density at radius 1 is 1.16 bits per heavy atom. The molecule has 0 aliphatic heterocycles. The molecule has 0 fully saturated rings. The minimum absolute atomic E-state index is 0.445. The van der Waals surface area contributed by atoms with Gasteiger partial charge in [-0.15, -0.1) is 0 Å². The number of nitrogens with one attached hydrogen (secondary N) is 2. The van der Waals surface area contributed by atoms with E-state index in [1.807, 2.05) is 30.3 Å². The van der Waals surface area contributed by atoms with E-state index in [-0.39, 0.29) is 0 Å². The molecule has 0 unspecified atom stereocenters. The molecule has 0 bridgehead atoms. The van der Waals surface area contributed by atoms with Crippen LogP contribution in [0.3, 0.4) is 0 Å². The van der Waals surface area contributed by atoms with Crippen LogP contribution in [0, 0.1) is 4.77 Å². The maximum absolute atomic E-state index is 5.01. The lowest BCUT2D eigenvalue weighted by atomic mass is 10.1. The van der Waals surface area contributed by atoms with Crippen molar-refractivity contribution in [3.63, 3.8) is 0 Å². The van der Waals surface area contributed by atoms with Crippen molar-refractivity contribution < 1.29 is 0 Å². The molecule has 0 atom stereocenters. The van der Waals surface area contributed by atoms with Crippen LogP contribution in [0.2, 0.25) is 0 Å². The Hall–Kier alpha value is -2.54. The van der Waals surface area contributed by atoms with Crippen molar-refractivity contribution in [3.8, 4) is 11.3 Å². The standard InChI is InChI=1S/C12H10N6S/c19-12-17-14-8-18(12)15-7-10-6-13-16-11(10)9-4-2-1-3-5-9/h1-8H,(H,13,16)(H,17,19)/b15-7+. The minimum atomic E-state index is 0.445. The number of benzene rings is 1. The van der Waals surface area contributed by atoms with Crippen molar-refractivity contribution >= 4 is 18.4 Å². The normalized spacial score (nSPS) is 11.2. The van der Waals surface area contributed by atoms with E-state index in [1.54, 1.807) is 12.4 Å². The van der Waals surface area contributed by atoms with Gasteiger partial charge in [-0.05, 0) is 12.2 Å². The fourth-order valence-electron chi connectivity index (χ4n) is 1.68. The largest absolute Gasteiger partial charge is 0.277 e. The minimum Gasteiger partial charge on any atom is -0.277 e. The molecule has 7 heteroatoms. The molecule has 19 heavy (non-hydrogen) atoms. The fraction of sp³-hybridized carbons (Fsp3) is 0. The molecule has 2 N–H and O–H groups in total. The number of aromatic amines is 2. The van der Waals surface area contributed by atoms with Crippen LogP contribution in [-0.2, 0) is 0 Å². The molecule has 2 heterocycles.